The van der Waals surface area contributed by atoms with E-state index in [1.807, 2.05) is 6.92 Å². The number of ether oxygens (including phenoxy) is 3. The Hall–Kier alpha value is -0.280. The Morgan fingerprint density at radius 1 is 0.800 bits per heavy atom. The van der Waals surface area contributed by atoms with Gasteiger partial charge in [-0.2, -0.15) is 0 Å². The monoisotopic (exact) mass is 360 g/mol. The van der Waals surface area contributed by atoms with Gasteiger partial charge in [-0.05, 0) is 21.0 Å². The fourth-order valence-corrected chi connectivity index (χ4v) is 2.59. The molecule has 25 heavy (non-hydrogen) atoms. The van der Waals surface area contributed by atoms with Gasteiger partial charge in [-0.25, -0.2) is 0 Å². The number of rotatable bonds is 4. The number of nitrogens with one attached hydrogen (secondary N) is 1. The predicted molar refractivity (Wildman–Crippen MR) is 102 cm³/mol. The third kappa shape index (κ3) is 13.6. The zero-order valence-corrected chi connectivity index (χ0v) is 16.7. The molecule has 7 heteroatoms. The first-order valence-electron chi connectivity index (χ1n) is 9.75. The molecule has 0 saturated carbocycles. The van der Waals surface area contributed by atoms with Crippen LogP contribution >= 0.6 is 0 Å². The minimum absolute atomic E-state index is 0.770. The molecule has 150 valence electrons. The lowest BCUT2D eigenvalue weighted by Gasteiger charge is -2.25. The first-order chi connectivity index (χ1) is 12.2. The van der Waals surface area contributed by atoms with Crippen LogP contribution in [0.25, 0.3) is 0 Å². The Bertz CT molecular complexity index is 297. The number of hydrogen-bond acceptors (Lipinski definition) is 7. The van der Waals surface area contributed by atoms with Gasteiger partial charge in [-0.3, -0.25) is 4.90 Å². The number of hydrogen-bond donors (Lipinski definition) is 1. The summed E-state index contributed by atoms with van der Waals surface area (Å²) in [5, 5.41) is 3.43. The van der Waals surface area contributed by atoms with Gasteiger partial charge in [0.15, 0.2) is 0 Å². The second-order valence-corrected chi connectivity index (χ2v) is 6.62. The maximum atomic E-state index is 5.78. The largest absolute Gasteiger partial charge is 0.380 e. The Morgan fingerprint density at radius 3 is 2.24 bits per heavy atom. The Labute approximate surface area is 154 Å². The van der Waals surface area contributed by atoms with Gasteiger partial charge in [0.1, 0.15) is 0 Å². The van der Waals surface area contributed by atoms with Crippen LogP contribution in [0, 0.1) is 0 Å². The van der Waals surface area contributed by atoms with E-state index >= 15 is 0 Å². The topological polar surface area (TPSA) is 49.4 Å². The van der Waals surface area contributed by atoms with Crippen LogP contribution in [0.1, 0.15) is 6.92 Å². The van der Waals surface area contributed by atoms with Crippen molar-refractivity contribution < 1.29 is 14.2 Å². The molecule has 1 fully saturated rings. The molecular weight excluding hydrogens is 320 g/mol. The molecule has 1 aliphatic rings. The van der Waals surface area contributed by atoms with Gasteiger partial charge in [0.2, 0.25) is 0 Å². The average Bonchev–Trinajstić information content (AvgIpc) is 2.60. The Kier molecular flexibility index (Phi) is 14.5. The summed E-state index contributed by atoms with van der Waals surface area (Å²) in [5.74, 6) is 0. The zero-order valence-electron chi connectivity index (χ0n) is 16.7. The van der Waals surface area contributed by atoms with Gasteiger partial charge < -0.3 is 29.3 Å². The molecule has 1 rings (SSSR count). The highest BCUT2D eigenvalue weighted by molar-refractivity contribution is 4.62. The van der Waals surface area contributed by atoms with E-state index in [4.69, 9.17) is 14.2 Å². The van der Waals surface area contributed by atoms with Crippen LogP contribution in [-0.4, -0.2) is 127 Å². The third-order valence-electron chi connectivity index (χ3n) is 4.43. The highest BCUT2D eigenvalue weighted by Gasteiger charge is 2.08. The van der Waals surface area contributed by atoms with Gasteiger partial charge in [-0.1, -0.05) is 0 Å². The molecule has 0 bridgehead atoms. The summed E-state index contributed by atoms with van der Waals surface area (Å²) >= 11 is 0. The molecular formula is C18H40N4O3. The third-order valence-corrected chi connectivity index (χ3v) is 4.43. The van der Waals surface area contributed by atoms with E-state index in [-0.39, 0.29) is 0 Å². The SMILES string of the molecule is CCOCCN1CCOCCNCCN(C)CCOCCN(C)CC1. The van der Waals surface area contributed by atoms with Crippen molar-refractivity contribution in [3.05, 3.63) is 0 Å². The highest BCUT2D eigenvalue weighted by atomic mass is 16.5. The lowest BCUT2D eigenvalue weighted by atomic mass is 10.4. The number of likely N-dealkylation sites (N-methyl/N-ethyl adjacent to an activating group) is 2. The van der Waals surface area contributed by atoms with Crippen LogP contribution < -0.4 is 5.32 Å². The molecule has 0 amide bonds. The maximum absolute atomic E-state index is 5.78. The molecule has 1 saturated heterocycles. The second-order valence-electron chi connectivity index (χ2n) is 6.62. The van der Waals surface area contributed by atoms with Gasteiger partial charge in [-0.15, -0.1) is 0 Å². The van der Waals surface area contributed by atoms with Gasteiger partial charge >= 0.3 is 0 Å². The van der Waals surface area contributed by atoms with Crippen molar-refractivity contribution in [3.8, 4) is 0 Å². The Balaban J connectivity index is 2.35. The average molecular weight is 361 g/mol. The molecule has 0 aromatic heterocycles. The van der Waals surface area contributed by atoms with E-state index in [1.165, 1.54) is 0 Å². The van der Waals surface area contributed by atoms with Crippen LogP contribution in [0.4, 0.5) is 0 Å². The van der Waals surface area contributed by atoms with Gasteiger partial charge in [0, 0.05) is 65.5 Å². The van der Waals surface area contributed by atoms with Crippen molar-refractivity contribution in [2.24, 2.45) is 0 Å². The molecule has 0 atom stereocenters. The van der Waals surface area contributed by atoms with E-state index in [0.29, 0.717) is 0 Å². The van der Waals surface area contributed by atoms with Crippen LogP contribution in [0.15, 0.2) is 0 Å². The maximum Gasteiger partial charge on any atom is 0.0594 e. The van der Waals surface area contributed by atoms with Crippen molar-refractivity contribution in [1.29, 1.82) is 0 Å². The minimum Gasteiger partial charge on any atom is -0.380 e. The van der Waals surface area contributed by atoms with E-state index in [9.17, 15) is 0 Å². The Morgan fingerprint density at radius 2 is 1.48 bits per heavy atom. The fraction of sp³-hybridized carbons (Fsp3) is 1.00. The predicted octanol–water partition coefficient (Wildman–Crippen LogP) is -0.175. The van der Waals surface area contributed by atoms with E-state index in [1.54, 1.807) is 0 Å². The van der Waals surface area contributed by atoms with Crippen LogP contribution in [-0.2, 0) is 14.2 Å². The first-order valence-corrected chi connectivity index (χ1v) is 9.75. The summed E-state index contributed by atoms with van der Waals surface area (Å²) in [6.07, 6.45) is 0. The molecule has 0 unspecified atom stereocenters. The van der Waals surface area contributed by atoms with Crippen molar-refractivity contribution in [1.82, 2.24) is 20.0 Å². The summed E-state index contributed by atoms with van der Waals surface area (Å²) in [6.45, 7) is 15.6. The van der Waals surface area contributed by atoms with Gasteiger partial charge in [0.25, 0.3) is 0 Å². The molecule has 7 nitrogen and oxygen atoms in total. The normalized spacial score (nSPS) is 23.2. The lowest BCUT2D eigenvalue weighted by Crippen LogP contribution is -2.39. The summed E-state index contributed by atoms with van der Waals surface area (Å²) < 4.78 is 17.1. The van der Waals surface area contributed by atoms with E-state index in [2.05, 4.69) is 34.1 Å². The van der Waals surface area contributed by atoms with Crippen LogP contribution in [0.5, 0.6) is 0 Å². The van der Waals surface area contributed by atoms with E-state index < -0.39 is 0 Å². The zero-order chi connectivity index (χ0) is 18.2. The molecule has 0 spiro atoms. The first kappa shape index (κ1) is 22.8. The molecule has 0 aromatic rings. The fourth-order valence-electron chi connectivity index (χ4n) is 2.59. The van der Waals surface area contributed by atoms with Crippen molar-refractivity contribution in [2.45, 2.75) is 6.92 Å². The second kappa shape index (κ2) is 15.9. The van der Waals surface area contributed by atoms with E-state index in [0.717, 1.165) is 98.5 Å². The smallest absolute Gasteiger partial charge is 0.0594 e. The molecule has 0 aliphatic carbocycles. The number of nitrogens with zero attached hydrogens (tertiary/aromatic N) is 3. The standard InChI is InChI=1S/C18H40N4O3/c1-4-23-17-12-22-9-8-21(3)11-16-25-15-10-20(2)7-5-19-6-14-24-18-13-22/h19H,4-18H2,1-3H3. The summed E-state index contributed by atoms with van der Waals surface area (Å²) in [7, 11) is 4.31. The highest BCUT2D eigenvalue weighted by Crippen LogP contribution is 1.94. The minimum atomic E-state index is 0.770. The summed E-state index contributed by atoms with van der Waals surface area (Å²) in [5.41, 5.74) is 0. The van der Waals surface area contributed by atoms with Crippen molar-refractivity contribution in [2.75, 3.05) is 113 Å². The lowest BCUT2D eigenvalue weighted by molar-refractivity contribution is 0.0674. The quantitative estimate of drug-likeness (QED) is 0.698. The molecule has 0 radical (unpaired) electrons. The molecule has 1 heterocycles. The van der Waals surface area contributed by atoms with Crippen molar-refractivity contribution >= 4 is 0 Å². The van der Waals surface area contributed by atoms with Gasteiger partial charge in [0.05, 0.1) is 33.0 Å². The molecule has 1 N–H and O–H groups in total. The van der Waals surface area contributed by atoms with Crippen molar-refractivity contribution in [3.63, 3.8) is 0 Å². The molecule has 1 aliphatic heterocycles. The molecule has 0 aromatic carbocycles. The van der Waals surface area contributed by atoms with Crippen LogP contribution in [0.3, 0.4) is 0 Å². The summed E-state index contributed by atoms with van der Waals surface area (Å²) in [4.78, 5) is 7.07. The summed E-state index contributed by atoms with van der Waals surface area (Å²) in [6, 6.07) is 0. The van der Waals surface area contributed by atoms with Crippen LogP contribution in [0.2, 0.25) is 0 Å².